The van der Waals surface area contributed by atoms with E-state index in [1.54, 1.807) is 6.92 Å². The Bertz CT molecular complexity index is 2180. The molecule has 3 heterocycles. The van der Waals surface area contributed by atoms with E-state index in [9.17, 15) is 49.2 Å². The van der Waals surface area contributed by atoms with Crippen LogP contribution in [-0.4, -0.2) is 150 Å². The maximum Gasteiger partial charge on any atom is 0.304 e. The molecule has 7 rings (SSSR count). The zero-order chi connectivity index (χ0) is 46.2. The van der Waals surface area contributed by atoms with Crippen LogP contribution >= 0.6 is 0 Å². The largest absolute Gasteiger partial charge is 0.507 e. The van der Waals surface area contributed by atoms with Gasteiger partial charge in [-0.2, -0.15) is 0 Å². The topological polar surface area (TPSA) is 278 Å². The van der Waals surface area contributed by atoms with Crippen LogP contribution in [0.3, 0.4) is 0 Å². The van der Waals surface area contributed by atoms with Crippen LogP contribution < -0.4 is 20.7 Å². The summed E-state index contributed by atoms with van der Waals surface area (Å²) in [5.74, 6) is -7.13. The molecule has 64 heavy (non-hydrogen) atoms. The molecule has 1 unspecified atom stereocenters. The number of ketones is 2. The highest BCUT2D eigenvalue weighted by molar-refractivity contribution is 6.31. The van der Waals surface area contributed by atoms with Gasteiger partial charge in [0.25, 0.3) is 5.91 Å². The van der Waals surface area contributed by atoms with Crippen molar-refractivity contribution in [2.45, 2.75) is 108 Å². The van der Waals surface area contributed by atoms with Gasteiger partial charge in [0, 0.05) is 68.7 Å². The first-order chi connectivity index (χ1) is 30.6. The summed E-state index contributed by atoms with van der Waals surface area (Å²) >= 11 is 0. The molecule has 2 aromatic rings. The zero-order valence-electron chi connectivity index (χ0n) is 36.3. The van der Waals surface area contributed by atoms with Crippen molar-refractivity contribution in [3.63, 3.8) is 0 Å². The third-order valence-corrected chi connectivity index (χ3v) is 13.1. The number of rotatable bonds is 16. The van der Waals surface area contributed by atoms with Gasteiger partial charge in [-0.3, -0.25) is 33.7 Å². The summed E-state index contributed by atoms with van der Waals surface area (Å²) in [6, 6.07) is 4.14. The first-order valence-corrected chi connectivity index (χ1v) is 21.6. The average Bonchev–Trinajstić information content (AvgIpc) is 3.66. The third kappa shape index (κ3) is 8.67. The number of phenolic OH excluding ortho intramolecular Hbond substituents is 2. The number of carboxylic acids is 1. The van der Waals surface area contributed by atoms with Crippen molar-refractivity contribution < 1.29 is 77.6 Å². The number of aliphatic carboxylic acids is 1. The van der Waals surface area contributed by atoms with Crippen LogP contribution in [0.25, 0.3) is 0 Å². The van der Waals surface area contributed by atoms with Gasteiger partial charge in [-0.25, -0.2) is 0 Å². The molecule has 3 amide bonds. The van der Waals surface area contributed by atoms with Gasteiger partial charge in [0.2, 0.25) is 17.6 Å². The molecule has 9 atom stereocenters. The van der Waals surface area contributed by atoms with E-state index < -0.39 is 126 Å². The molecule has 3 saturated heterocycles. The fourth-order valence-corrected chi connectivity index (χ4v) is 9.93. The third-order valence-electron chi connectivity index (χ3n) is 13.1. The molecule has 2 aromatic carbocycles. The number of nitrogens with zero attached hydrogens (tertiary/aromatic N) is 1. The summed E-state index contributed by atoms with van der Waals surface area (Å²) < 4.78 is 35.8. The summed E-state index contributed by atoms with van der Waals surface area (Å²) in [6.45, 7) is 5.65. The Morgan fingerprint density at radius 1 is 0.969 bits per heavy atom. The van der Waals surface area contributed by atoms with Gasteiger partial charge in [0.05, 0.1) is 61.5 Å². The van der Waals surface area contributed by atoms with Gasteiger partial charge in [0.1, 0.15) is 29.0 Å². The van der Waals surface area contributed by atoms with Crippen molar-refractivity contribution in [1.82, 2.24) is 20.9 Å². The maximum atomic E-state index is 14.2. The van der Waals surface area contributed by atoms with Crippen molar-refractivity contribution >= 4 is 35.3 Å². The number of benzene rings is 2. The molecule has 0 aromatic heterocycles. The highest BCUT2D eigenvalue weighted by Crippen LogP contribution is 2.53. The Balaban J connectivity index is 1.11. The number of phenols is 2. The second-order valence-electron chi connectivity index (χ2n) is 16.8. The molecule has 348 valence electrons. The minimum absolute atomic E-state index is 0.0778. The summed E-state index contributed by atoms with van der Waals surface area (Å²) in [4.78, 5) is 81.2. The van der Waals surface area contributed by atoms with Crippen LogP contribution in [0.1, 0.15) is 102 Å². The number of aliphatic hydroxyl groups is 1. The minimum Gasteiger partial charge on any atom is -0.507 e. The SMILES string of the molecule is CCC(CC)C(CC(=O)O)C(=O)NCC(=O)NCCNC(=O)[C@]1(O)Cc2c(O)c3c(c(O)c2[C@@H](O[C@@H]2C[C@H]4[C@H](O[C@@H]5[C@@H](OC)OCCN54)[C@H](C)O2)C1)C(=O)c1c(OC)cccc1C3=O. The Morgan fingerprint density at radius 2 is 1.69 bits per heavy atom. The molecule has 0 saturated carbocycles. The van der Waals surface area contributed by atoms with E-state index in [1.807, 2.05) is 13.8 Å². The second kappa shape index (κ2) is 19.1. The summed E-state index contributed by atoms with van der Waals surface area (Å²) in [6.07, 6.45) is -4.61. The summed E-state index contributed by atoms with van der Waals surface area (Å²) in [7, 11) is 2.85. The lowest BCUT2D eigenvalue weighted by Crippen LogP contribution is -2.55. The van der Waals surface area contributed by atoms with Crippen molar-refractivity contribution in [1.29, 1.82) is 0 Å². The molecule has 0 radical (unpaired) electrons. The van der Waals surface area contributed by atoms with E-state index in [2.05, 4.69) is 20.9 Å². The molecular formula is C44H56N4O16. The number of carbonyl (C=O) groups is 6. The van der Waals surface area contributed by atoms with Crippen molar-refractivity contribution in [3.8, 4) is 17.2 Å². The lowest BCUT2D eigenvalue weighted by atomic mass is 9.72. The first-order valence-electron chi connectivity index (χ1n) is 21.6. The number of aromatic hydroxyl groups is 2. The number of morpholine rings is 1. The van der Waals surface area contributed by atoms with Gasteiger partial charge in [0.15, 0.2) is 24.6 Å². The molecule has 20 nitrogen and oxygen atoms in total. The summed E-state index contributed by atoms with van der Waals surface area (Å²) in [5.41, 5.74) is -3.82. The molecule has 2 aliphatic carbocycles. The second-order valence-corrected chi connectivity index (χ2v) is 16.8. The van der Waals surface area contributed by atoms with E-state index in [0.717, 1.165) is 0 Å². The zero-order valence-corrected chi connectivity index (χ0v) is 36.3. The number of carbonyl (C=O) groups excluding carboxylic acids is 5. The molecule has 20 heteroatoms. The Kier molecular flexibility index (Phi) is 13.9. The van der Waals surface area contributed by atoms with E-state index in [1.165, 1.54) is 32.4 Å². The fraction of sp³-hybridized carbons (Fsp3) is 0.591. The number of fused-ring (bicyclic) bond motifs is 6. The van der Waals surface area contributed by atoms with E-state index in [4.69, 9.17) is 28.4 Å². The first kappa shape index (κ1) is 46.8. The number of nitrogens with one attached hydrogen (secondary N) is 3. The molecule has 0 spiro atoms. The average molecular weight is 897 g/mol. The van der Waals surface area contributed by atoms with Crippen LogP contribution in [0, 0.1) is 11.8 Å². The smallest absolute Gasteiger partial charge is 0.304 e. The van der Waals surface area contributed by atoms with Crippen LogP contribution in [0.15, 0.2) is 18.2 Å². The number of hydrogen-bond acceptors (Lipinski definition) is 16. The molecular weight excluding hydrogens is 840 g/mol. The molecule has 0 bridgehead atoms. The Hall–Kier alpha value is -5.22. The monoisotopic (exact) mass is 896 g/mol. The highest BCUT2D eigenvalue weighted by atomic mass is 16.7. The van der Waals surface area contributed by atoms with Crippen LogP contribution in [-0.2, 0) is 49.3 Å². The van der Waals surface area contributed by atoms with Crippen LogP contribution in [0.5, 0.6) is 17.2 Å². The Labute approximate surface area is 368 Å². The van der Waals surface area contributed by atoms with Crippen molar-refractivity contribution in [2.24, 2.45) is 11.8 Å². The molecule has 5 aliphatic rings. The maximum absolute atomic E-state index is 14.2. The Morgan fingerprint density at radius 3 is 2.38 bits per heavy atom. The van der Waals surface area contributed by atoms with E-state index in [0.29, 0.717) is 26.0 Å². The number of hydrogen-bond donors (Lipinski definition) is 7. The number of carboxylic acid groups (broad SMARTS) is 1. The normalized spacial score (nSPS) is 27.6. The van der Waals surface area contributed by atoms with Gasteiger partial charge < -0.3 is 64.8 Å². The fourth-order valence-electron chi connectivity index (χ4n) is 9.93. The predicted octanol–water partition coefficient (Wildman–Crippen LogP) is 1.03. The lowest BCUT2D eigenvalue weighted by Gasteiger charge is -2.43. The van der Waals surface area contributed by atoms with Gasteiger partial charge >= 0.3 is 5.97 Å². The summed E-state index contributed by atoms with van der Waals surface area (Å²) in [5, 5.41) is 53.1. The molecule has 3 aliphatic heterocycles. The van der Waals surface area contributed by atoms with Gasteiger partial charge in [-0.15, -0.1) is 0 Å². The van der Waals surface area contributed by atoms with Gasteiger partial charge in [-0.05, 0) is 18.9 Å². The van der Waals surface area contributed by atoms with Crippen molar-refractivity contribution in [3.05, 3.63) is 51.6 Å². The molecule has 3 fully saturated rings. The minimum atomic E-state index is -2.34. The van der Waals surface area contributed by atoms with E-state index in [-0.39, 0.29) is 65.9 Å². The molecule has 7 N–H and O–H groups in total. The van der Waals surface area contributed by atoms with Crippen molar-refractivity contribution in [2.75, 3.05) is 47.0 Å². The number of methoxy groups -OCH3 is 2. The van der Waals surface area contributed by atoms with Crippen LogP contribution in [0.2, 0.25) is 0 Å². The standard InChI is InChI=1S/C44H56N4O16/c1-6-21(7-2)23(15-29(50)51)40(56)47-19-28(49)45-11-12-46-43(57)44(58)17-24-32(38(55)34-33(36(24)53)35(52)22-9-8-10-26(59-4)31(22)37(34)54)27(18-44)63-30-16-25-39(20(3)62-30)64-41-42(60-5)61-14-13-48(25)41/h8-10,20-21,23,25,27,30,39,41-42,53,55,58H,6-7,11-19H2,1-5H3,(H,45,49)(H,46,57)(H,47,56)(H,50,51)/t20-,23?,25-,27-,30+,39+,41+,42-,44-/m0/s1. The van der Waals surface area contributed by atoms with Gasteiger partial charge in [-0.1, -0.05) is 38.8 Å². The predicted molar refractivity (Wildman–Crippen MR) is 220 cm³/mol. The lowest BCUT2D eigenvalue weighted by molar-refractivity contribution is -0.256. The number of ether oxygens (including phenoxy) is 6. The van der Waals surface area contributed by atoms with Crippen LogP contribution in [0.4, 0.5) is 0 Å². The number of amides is 3. The quantitative estimate of drug-likeness (QED) is 0.0781. The van der Waals surface area contributed by atoms with E-state index >= 15 is 0 Å². The highest BCUT2D eigenvalue weighted by Gasteiger charge is 2.55.